The number of aryl methyl sites for hydroxylation is 2. The Bertz CT molecular complexity index is 2990. The molecule has 10 aromatic rings. The third-order valence-electron chi connectivity index (χ3n) is 10.5. The molecule has 0 saturated carbocycles. The molecule has 0 radical (unpaired) electrons. The van der Waals surface area contributed by atoms with Crippen LogP contribution in [0.1, 0.15) is 11.1 Å². The van der Waals surface area contributed by atoms with Gasteiger partial charge in [0, 0.05) is 18.0 Å². The van der Waals surface area contributed by atoms with E-state index in [1.165, 1.54) is 104 Å². The molecule has 50 heavy (non-hydrogen) atoms. The van der Waals surface area contributed by atoms with Crippen molar-refractivity contribution in [1.82, 2.24) is 4.98 Å². The van der Waals surface area contributed by atoms with E-state index < -0.39 is 0 Å². The summed E-state index contributed by atoms with van der Waals surface area (Å²) >= 11 is 0. The Hall–Kier alpha value is -6.31. The second-order valence-corrected chi connectivity index (χ2v) is 13.8. The third-order valence-corrected chi connectivity index (χ3v) is 10.5. The highest BCUT2D eigenvalue weighted by Gasteiger charge is 2.20. The van der Waals surface area contributed by atoms with Gasteiger partial charge in [-0.25, -0.2) is 0 Å². The average Bonchev–Trinajstić information content (AvgIpc) is 3.16. The first-order valence-corrected chi connectivity index (χ1v) is 17.3. The molecule has 0 bridgehead atoms. The van der Waals surface area contributed by atoms with Crippen LogP contribution < -0.4 is 0 Å². The predicted molar refractivity (Wildman–Crippen MR) is 215 cm³/mol. The minimum atomic E-state index is 1.12. The zero-order valence-corrected chi connectivity index (χ0v) is 28.0. The normalized spacial score (nSPS) is 11.8. The molecule has 1 heterocycles. The van der Waals surface area contributed by atoms with Gasteiger partial charge in [0.25, 0.3) is 0 Å². The average molecular weight is 636 g/mol. The summed E-state index contributed by atoms with van der Waals surface area (Å²) in [5.41, 5.74) is 9.87. The van der Waals surface area contributed by atoms with Crippen molar-refractivity contribution >= 4 is 64.6 Å². The minimum absolute atomic E-state index is 1.12. The Kier molecular flexibility index (Phi) is 6.38. The van der Waals surface area contributed by atoms with Gasteiger partial charge < -0.3 is 0 Å². The number of benzene rings is 9. The summed E-state index contributed by atoms with van der Waals surface area (Å²) in [4.78, 5) is 4.54. The van der Waals surface area contributed by atoms with Gasteiger partial charge in [0.05, 0.1) is 0 Å². The molecular formula is C49H33N. The van der Waals surface area contributed by atoms with E-state index in [2.05, 4.69) is 164 Å². The van der Waals surface area contributed by atoms with Crippen molar-refractivity contribution in [3.05, 3.63) is 175 Å². The molecule has 0 saturated heterocycles. The first kappa shape index (κ1) is 28.7. The molecule has 0 fully saturated rings. The summed E-state index contributed by atoms with van der Waals surface area (Å²) < 4.78 is 0. The Morgan fingerprint density at radius 3 is 1.48 bits per heavy atom. The molecule has 234 valence electrons. The van der Waals surface area contributed by atoms with Crippen LogP contribution in [0, 0.1) is 13.8 Å². The largest absolute Gasteiger partial charge is 0.264 e. The van der Waals surface area contributed by atoms with Gasteiger partial charge in [0.1, 0.15) is 0 Å². The van der Waals surface area contributed by atoms with Crippen molar-refractivity contribution in [3.63, 3.8) is 0 Å². The lowest BCUT2D eigenvalue weighted by molar-refractivity contribution is 1.33. The van der Waals surface area contributed by atoms with E-state index in [9.17, 15) is 0 Å². The van der Waals surface area contributed by atoms with E-state index in [0.717, 1.165) is 5.56 Å². The highest BCUT2D eigenvalue weighted by molar-refractivity contribution is 6.27. The number of rotatable bonds is 3. The Balaban J connectivity index is 1.41. The lowest BCUT2D eigenvalue weighted by atomic mass is 9.82. The number of fused-ring (bicyclic) bond motifs is 7. The van der Waals surface area contributed by atoms with Crippen LogP contribution in [0.3, 0.4) is 0 Å². The zero-order valence-electron chi connectivity index (χ0n) is 28.0. The van der Waals surface area contributed by atoms with Gasteiger partial charge in [0.2, 0.25) is 0 Å². The van der Waals surface area contributed by atoms with Crippen LogP contribution in [0.5, 0.6) is 0 Å². The molecule has 9 aromatic carbocycles. The Morgan fingerprint density at radius 1 is 0.340 bits per heavy atom. The van der Waals surface area contributed by atoms with Gasteiger partial charge in [-0.1, -0.05) is 126 Å². The molecule has 1 heteroatoms. The molecule has 0 aliphatic heterocycles. The van der Waals surface area contributed by atoms with E-state index in [4.69, 9.17) is 0 Å². The van der Waals surface area contributed by atoms with E-state index in [-0.39, 0.29) is 0 Å². The lowest BCUT2D eigenvalue weighted by Crippen LogP contribution is -1.93. The number of hydrogen-bond donors (Lipinski definition) is 0. The van der Waals surface area contributed by atoms with Crippen LogP contribution in [0.15, 0.2) is 164 Å². The topological polar surface area (TPSA) is 12.9 Å². The van der Waals surface area contributed by atoms with E-state index in [1.807, 2.05) is 18.5 Å². The summed E-state index contributed by atoms with van der Waals surface area (Å²) in [5, 5.41) is 15.0. The zero-order chi connectivity index (χ0) is 33.3. The van der Waals surface area contributed by atoms with Gasteiger partial charge in [-0.3, -0.25) is 4.98 Å². The molecule has 10 rings (SSSR count). The maximum Gasteiger partial charge on any atom is 0.0346 e. The number of aromatic nitrogens is 1. The summed E-state index contributed by atoms with van der Waals surface area (Å²) in [7, 11) is 0. The summed E-state index contributed by atoms with van der Waals surface area (Å²) in [6, 6.07) is 56.7. The summed E-state index contributed by atoms with van der Waals surface area (Å²) in [6.07, 6.45) is 3.84. The molecule has 0 N–H and O–H groups in total. The van der Waals surface area contributed by atoms with Crippen molar-refractivity contribution in [1.29, 1.82) is 0 Å². The Morgan fingerprint density at radius 2 is 0.880 bits per heavy atom. The Labute approximate surface area is 291 Å². The molecule has 0 spiro atoms. The molecule has 0 aliphatic carbocycles. The van der Waals surface area contributed by atoms with Crippen LogP contribution in [-0.2, 0) is 0 Å². The monoisotopic (exact) mass is 635 g/mol. The molecule has 1 aromatic heterocycles. The second-order valence-electron chi connectivity index (χ2n) is 13.8. The molecule has 0 aliphatic rings. The van der Waals surface area contributed by atoms with Crippen LogP contribution >= 0.6 is 0 Å². The van der Waals surface area contributed by atoms with Crippen LogP contribution in [0.25, 0.3) is 98.0 Å². The van der Waals surface area contributed by atoms with Crippen LogP contribution in [0.4, 0.5) is 0 Å². The number of pyridine rings is 1. The van der Waals surface area contributed by atoms with Crippen molar-refractivity contribution in [2.24, 2.45) is 0 Å². The molecular weight excluding hydrogens is 603 g/mol. The maximum atomic E-state index is 4.54. The smallest absolute Gasteiger partial charge is 0.0346 e. The molecule has 0 amide bonds. The molecule has 0 unspecified atom stereocenters. The third kappa shape index (κ3) is 4.51. The summed E-state index contributed by atoms with van der Waals surface area (Å²) in [5.74, 6) is 0. The standard InChI is InChI=1S/C49H33N/c1-30-13-15-34-24-37(19-17-32(34)22-30)48-41-11-5-6-12-42(41)49(38-20-18-33-23-31(2)14-16-35(33)25-38)47-28-45-43(39-9-7-21-50-29-39)26-36-8-3-4-10-40(36)44(45)27-46(47)48/h3-29H,1-2H3. The maximum absolute atomic E-state index is 4.54. The lowest BCUT2D eigenvalue weighted by Gasteiger charge is -2.20. The number of nitrogens with zero attached hydrogens (tertiary/aromatic N) is 1. The van der Waals surface area contributed by atoms with Gasteiger partial charge in [-0.15, -0.1) is 0 Å². The van der Waals surface area contributed by atoms with Crippen molar-refractivity contribution in [2.75, 3.05) is 0 Å². The van der Waals surface area contributed by atoms with Gasteiger partial charge in [-0.05, 0) is 143 Å². The first-order valence-electron chi connectivity index (χ1n) is 17.3. The van der Waals surface area contributed by atoms with Gasteiger partial charge in [0.15, 0.2) is 0 Å². The summed E-state index contributed by atoms with van der Waals surface area (Å²) in [6.45, 7) is 4.33. The fourth-order valence-electron chi connectivity index (χ4n) is 8.19. The van der Waals surface area contributed by atoms with Crippen molar-refractivity contribution in [2.45, 2.75) is 13.8 Å². The highest BCUT2D eigenvalue weighted by atomic mass is 14.6. The molecule has 0 atom stereocenters. The first-order chi connectivity index (χ1) is 24.6. The number of hydrogen-bond acceptors (Lipinski definition) is 1. The highest BCUT2D eigenvalue weighted by Crippen LogP contribution is 2.47. The van der Waals surface area contributed by atoms with Crippen molar-refractivity contribution in [3.8, 4) is 33.4 Å². The van der Waals surface area contributed by atoms with Crippen LogP contribution in [-0.4, -0.2) is 4.98 Å². The van der Waals surface area contributed by atoms with E-state index in [0.29, 0.717) is 0 Å². The van der Waals surface area contributed by atoms with Gasteiger partial charge >= 0.3 is 0 Å². The van der Waals surface area contributed by atoms with Crippen molar-refractivity contribution < 1.29 is 0 Å². The SMILES string of the molecule is Cc1ccc2cc(-c3c4ccccc4c(-c4ccc5cc(C)ccc5c4)c4cc5c(cc34)c(-c3cccnc3)cc3ccccc35)ccc2c1. The minimum Gasteiger partial charge on any atom is -0.264 e. The van der Waals surface area contributed by atoms with E-state index in [1.54, 1.807) is 0 Å². The van der Waals surface area contributed by atoms with E-state index >= 15 is 0 Å². The fraction of sp³-hybridized carbons (Fsp3) is 0.0408. The van der Waals surface area contributed by atoms with Crippen LogP contribution in [0.2, 0.25) is 0 Å². The van der Waals surface area contributed by atoms with Gasteiger partial charge in [-0.2, -0.15) is 0 Å². The second kappa shape index (κ2) is 11.1. The predicted octanol–water partition coefficient (Wildman–Crippen LogP) is 13.6. The fourth-order valence-corrected chi connectivity index (χ4v) is 8.19. The molecule has 1 nitrogen and oxygen atoms in total. The quantitative estimate of drug-likeness (QED) is 0.139.